The molecule has 1 saturated carbocycles. The van der Waals surface area contributed by atoms with E-state index < -0.39 is 101 Å². The lowest BCUT2D eigenvalue weighted by Crippen LogP contribution is -2.26. The molecule has 0 saturated heterocycles. The van der Waals surface area contributed by atoms with Gasteiger partial charge in [-0.05, 0) is 60.6 Å². The summed E-state index contributed by atoms with van der Waals surface area (Å²) in [5.74, 6) is -2.55. The quantitative estimate of drug-likeness (QED) is 0.411. The molecule has 2 heterocycles. The van der Waals surface area contributed by atoms with Gasteiger partial charge >= 0.3 is 6.29 Å². The molecule has 198 valence electrons. The van der Waals surface area contributed by atoms with Crippen molar-refractivity contribution in [1.82, 2.24) is 4.57 Å². The standard InChI is InChI=1S/C28H30F3NO5/c1-4-26(2,3)24-10-17-9-16(20(29)13-21(17)32(24)14-19(34)15-33)11-25(35)27(7-8-27)18-5-6-22-23(12-18)37-28(30,31)36-22/h5-6,9-10,12-13,19,33-34H,4,7-8,11,14-15H2,1-3H3/t19-/m0/s1/i2D3,9D,10D,13D,15D2,19D/t19-,26?. The molecule has 9 heteroatoms. The van der Waals surface area contributed by atoms with Crippen molar-refractivity contribution in [1.29, 1.82) is 0 Å². The second-order valence-corrected chi connectivity index (χ2v) is 9.58. The van der Waals surface area contributed by atoms with Crippen molar-refractivity contribution in [3.63, 3.8) is 0 Å². The van der Waals surface area contributed by atoms with E-state index in [1.165, 1.54) is 32.0 Å². The molecule has 1 aliphatic heterocycles. The van der Waals surface area contributed by atoms with E-state index in [0.717, 1.165) is 0 Å². The zero-order valence-corrected chi connectivity index (χ0v) is 20.0. The molecule has 0 radical (unpaired) electrons. The third-order valence-corrected chi connectivity index (χ3v) is 7.03. The molecule has 0 amide bonds. The maximum atomic E-state index is 16.0. The zero-order valence-electron chi connectivity index (χ0n) is 29.0. The summed E-state index contributed by atoms with van der Waals surface area (Å²) in [6.45, 7) is -5.01. The van der Waals surface area contributed by atoms with E-state index in [9.17, 15) is 23.8 Å². The molecule has 1 unspecified atom stereocenters. The monoisotopic (exact) mass is 526 g/mol. The Kier molecular flexibility index (Phi) is 3.97. The molecule has 0 bridgehead atoms. The van der Waals surface area contributed by atoms with Gasteiger partial charge in [0, 0.05) is 27.0 Å². The van der Waals surface area contributed by atoms with Gasteiger partial charge < -0.3 is 24.3 Å². The molecule has 2 atom stereocenters. The number of aromatic nitrogens is 1. The van der Waals surface area contributed by atoms with Gasteiger partial charge in [-0.1, -0.05) is 26.8 Å². The van der Waals surface area contributed by atoms with E-state index in [0.29, 0.717) is 4.57 Å². The molecule has 6 nitrogen and oxygen atoms in total. The zero-order chi connectivity index (χ0) is 34.6. The fourth-order valence-electron chi connectivity index (χ4n) is 4.60. The van der Waals surface area contributed by atoms with Crippen molar-refractivity contribution < 1.29 is 50.0 Å². The molecule has 1 aromatic heterocycles. The van der Waals surface area contributed by atoms with Crippen LogP contribution in [0.2, 0.25) is 0 Å². The summed E-state index contributed by atoms with van der Waals surface area (Å²) in [5.41, 5.74) is -4.57. The number of aliphatic hydroxyl groups is 2. The number of fused-ring (bicyclic) bond motifs is 2. The fourth-order valence-corrected chi connectivity index (χ4v) is 4.60. The first kappa shape index (κ1) is 16.7. The Bertz CT molecular complexity index is 1770. The normalized spacial score (nSPS) is 24.7. The summed E-state index contributed by atoms with van der Waals surface area (Å²) >= 11 is 0. The first-order valence-electron chi connectivity index (χ1n) is 16.1. The molecular weight excluding hydrogens is 487 g/mol. The van der Waals surface area contributed by atoms with Crippen molar-refractivity contribution >= 4 is 16.7 Å². The highest BCUT2D eigenvalue weighted by molar-refractivity contribution is 5.95. The Hall–Kier alpha value is -3.04. The number of carbonyl (C=O) groups is 1. The maximum Gasteiger partial charge on any atom is 0.586 e. The second-order valence-electron chi connectivity index (χ2n) is 9.58. The highest BCUT2D eigenvalue weighted by atomic mass is 19.3. The van der Waals surface area contributed by atoms with Crippen LogP contribution in [0, 0.1) is 5.82 Å². The van der Waals surface area contributed by atoms with Crippen LogP contribution in [0.1, 0.15) is 69.1 Å². The van der Waals surface area contributed by atoms with Gasteiger partial charge in [0.05, 0.1) is 38.3 Å². The summed E-state index contributed by atoms with van der Waals surface area (Å²) in [6.07, 6.45) is -7.70. The van der Waals surface area contributed by atoms with E-state index >= 15 is 4.39 Å². The lowest BCUT2D eigenvalue weighted by molar-refractivity contribution is -0.286. The molecule has 37 heavy (non-hydrogen) atoms. The van der Waals surface area contributed by atoms with Crippen LogP contribution >= 0.6 is 0 Å². The second kappa shape index (κ2) is 8.77. The Morgan fingerprint density at radius 2 is 2.05 bits per heavy atom. The van der Waals surface area contributed by atoms with E-state index in [-0.39, 0.29) is 36.3 Å². The number of Topliss-reactive ketones (excluding diaryl/α,β-unsaturated/α-hetero) is 1. The molecular formula is C28H30F3NO5. The van der Waals surface area contributed by atoms with E-state index in [1.54, 1.807) is 0 Å². The Balaban J connectivity index is 1.67. The summed E-state index contributed by atoms with van der Waals surface area (Å²) < 4.78 is 127. The van der Waals surface area contributed by atoms with Crippen molar-refractivity contribution in [2.45, 2.75) is 76.1 Å². The number of ether oxygens (including phenoxy) is 2. The van der Waals surface area contributed by atoms with Crippen molar-refractivity contribution in [2.75, 3.05) is 6.56 Å². The Morgan fingerprint density at radius 1 is 1.32 bits per heavy atom. The average molecular weight is 527 g/mol. The van der Waals surface area contributed by atoms with Crippen LogP contribution in [-0.4, -0.2) is 39.5 Å². The summed E-state index contributed by atoms with van der Waals surface area (Å²) in [7, 11) is 0. The van der Waals surface area contributed by atoms with Crippen LogP contribution in [0.25, 0.3) is 10.9 Å². The number of benzene rings is 2. The summed E-state index contributed by atoms with van der Waals surface area (Å²) in [5, 5.41) is 19.9. The van der Waals surface area contributed by atoms with Crippen LogP contribution in [-0.2, 0) is 28.6 Å². The fraction of sp³-hybridized carbons (Fsp3) is 0.464. The molecule has 2 aromatic carbocycles. The first-order chi connectivity index (χ1) is 20.9. The number of ketones is 1. The van der Waals surface area contributed by atoms with Gasteiger partial charge in [-0.2, -0.15) is 0 Å². The Labute approximate surface area is 225 Å². The maximum absolute atomic E-state index is 16.0. The number of halogens is 3. The van der Waals surface area contributed by atoms with Gasteiger partial charge in [-0.15, -0.1) is 8.78 Å². The highest BCUT2D eigenvalue weighted by Gasteiger charge is 2.52. The summed E-state index contributed by atoms with van der Waals surface area (Å²) in [6, 6.07) is 1.39. The van der Waals surface area contributed by atoms with Gasteiger partial charge in [0.15, 0.2) is 11.5 Å². The largest absolute Gasteiger partial charge is 0.586 e. The molecule has 0 spiro atoms. The molecule has 5 rings (SSSR count). The van der Waals surface area contributed by atoms with E-state index in [2.05, 4.69) is 9.47 Å². The van der Waals surface area contributed by atoms with E-state index in [4.69, 9.17) is 12.3 Å². The topological polar surface area (TPSA) is 80.9 Å². The molecule has 1 fully saturated rings. The molecule has 1 aliphatic carbocycles. The highest BCUT2D eigenvalue weighted by Crippen LogP contribution is 2.52. The van der Waals surface area contributed by atoms with Gasteiger partial charge in [-0.25, -0.2) is 4.39 Å². The first-order valence-corrected chi connectivity index (χ1v) is 11.6. The van der Waals surface area contributed by atoms with Crippen LogP contribution in [0.15, 0.2) is 36.3 Å². The van der Waals surface area contributed by atoms with E-state index in [1.807, 2.05) is 0 Å². The number of alkyl halides is 2. The molecule has 2 N–H and O–H groups in total. The minimum Gasteiger partial charge on any atom is -0.395 e. The van der Waals surface area contributed by atoms with Crippen LogP contribution in [0.4, 0.5) is 13.2 Å². The minimum absolute atomic E-state index is 0.188. The average Bonchev–Trinajstić information content (AvgIpc) is 3.60. The Morgan fingerprint density at radius 3 is 2.70 bits per heavy atom. The number of rotatable bonds is 9. The van der Waals surface area contributed by atoms with Gasteiger partial charge in [0.1, 0.15) is 11.6 Å². The minimum atomic E-state index is -3.89. The van der Waals surface area contributed by atoms with Gasteiger partial charge in [-0.3, -0.25) is 4.79 Å². The van der Waals surface area contributed by atoms with Crippen LogP contribution in [0.3, 0.4) is 0 Å². The molecule has 3 aromatic rings. The number of hydrogen-bond donors (Lipinski definition) is 2. The smallest absolute Gasteiger partial charge is 0.395 e. The summed E-state index contributed by atoms with van der Waals surface area (Å²) in [4.78, 5) is 13.7. The van der Waals surface area contributed by atoms with Gasteiger partial charge in [0.25, 0.3) is 0 Å². The predicted molar refractivity (Wildman–Crippen MR) is 131 cm³/mol. The third-order valence-electron chi connectivity index (χ3n) is 7.03. The van der Waals surface area contributed by atoms with Crippen molar-refractivity contribution in [2.24, 2.45) is 0 Å². The predicted octanol–water partition coefficient (Wildman–Crippen LogP) is 4.99. The molecule has 2 aliphatic rings. The van der Waals surface area contributed by atoms with Crippen molar-refractivity contribution in [3.8, 4) is 11.5 Å². The third kappa shape index (κ3) is 4.48. The van der Waals surface area contributed by atoms with Crippen molar-refractivity contribution in [3.05, 3.63) is 59.0 Å². The number of hydrogen-bond acceptors (Lipinski definition) is 5. The lowest BCUT2D eigenvalue weighted by atomic mass is 9.86. The van der Waals surface area contributed by atoms with Gasteiger partial charge in [0.2, 0.25) is 0 Å². The lowest BCUT2D eigenvalue weighted by Gasteiger charge is -2.26. The number of nitrogens with zero attached hydrogens (tertiary/aromatic N) is 1. The van der Waals surface area contributed by atoms with Crippen LogP contribution in [0.5, 0.6) is 11.5 Å². The van der Waals surface area contributed by atoms with Crippen LogP contribution < -0.4 is 9.47 Å². The SMILES string of the molecule is [2H]c1c(CC(=O)C2(c3ccc4c(c3)OC(F)(F)O4)CC2)c(F)c([2H])c2c1c([2H])c(C(C)(CC)C([2H])([2H])[2H])n2C[C@]([2H])(O)C([2H])([2H])O. The number of carbonyl (C=O) groups excluding carboxylic acids is 1.